The molecule has 82 valence electrons. The number of nitrogens with zero attached hydrogens (tertiary/aromatic N) is 1. The van der Waals surface area contributed by atoms with Crippen LogP contribution in [-0.2, 0) is 19.7 Å². The molecule has 1 rings (SSSR count). The van der Waals surface area contributed by atoms with Gasteiger partial charge in [0.1, 0.15) is 6.04 Å². The van der Waals surface area contributed by atoms with Crippen LogP contribution in [0.15, 0.2) is 0 Å². The van der Waals surface area contributed by atoms with Gasteiger partial charge in [0.05, 0.1) is 6.61 Å². The highest BCUT2D eigenvalue weighted by atomic mass is 32.2. The summed E-state index contributed by atoms with van der Waals surface area (Å²) < 4.78 is 27.8. The Morgan fingerprint density at radius 3 is 2.79 bits per heavy atom. The topological polar surface area (TPSA) is 89.7 Å². The van der Waals surface area contributed by atoms with E-state index in [0.717, 1.165) is 4.31 Å². The zero-order valence-electron chi connectivity index (χ0n) is 7.97. The second-order valence-corrected chi connectivity index (χ2v) is 4.56. The number of carbonyl (C=O) groups excluding carboxylic acids is 1. The first kappa shape index (κ1) is 11.4. The third-order valence-corrected chi connectivity index (χ3v) is 3.18. The highest BCUT2D eigenvalue weighted by molar-refractivity contribution is 7.86. The van der Waals surface area contributed by atoms with E-state index in [1.54, 1.807) is 6.92 Å². The molecule has 1 aliphatic heterocycles. The van der Waals surface area contributed by atoms with E-state index in [4.69, 9.17) is 9.88 Å². The van der Waals surface area contributed by atoms with Crippen molar-refractivity contribution in [1.29, 1.82) is 0 Å². The number of rotatable bonds is 3. The van der Waals surface area contributed by atoms with Crippen molar-refractivity contribution in [3.63, 3.8) is 0 Å². The van der Waals surface area contributed by atoms with Crippen LogP contribution in [0.3, 0.4) is 0 Å². The van der Waals surface area contributed by atoms with Crippen LogP contribution in [0.4, 0.5) is 0 Å². The molecule has 0 unspecified atom stereocenters. The van der Waals surface area contributed by atoms with Crippen molar-refractivity contribution in [1.82, 2.24) is 4.31 Å². The minimum absolute atomic E-state index is 0.244. The van der Waals surface area contributed by atoms with E-state index < -0.39 is 22.2 Å². The monoisotopic (exact) mass is 222 g/mol. The number of esters is 1. The number of hydrogen-bond donors (Lipinski definition) is 1. The molecule has 1 aliphatic rings. The molecule has 1 saturated heterocycles. The SMILES string of the molecule is CCOC(=O)[C@H]1CCCN1S(N)(=O)=O. The van der Waals surface area contributed by atoms with E-state index in [2.05, 4.69) is 0 Å². The van der Waals surface area contributed by atoms with Crippen LogP contribution >= 0.6 is 0 Å². The summed E-state index contributed by atoms with van der Waals surface area (Å²) in [4.78, 5) is 11.3. The fourth-order valence-corrected chi connectivity index (χ4v) is 2.45. The molecule has 7 heteroatoms. The lowest BCUT2D eigenvalue weighted by Gasteiger charge is -2.19. The van der Waals surface area contributed by atoms with Gasteiger partial charge in [-0.1, -0.05) is 0 Å². The van der Waals surface area contributed by atoms with Crippen LogP contribution in [0.25, 0.3) is 0 Å². The number of ether oxygens (including phenoxy) is 1. The van der Waals surface area contributed by atoms with E-state index in [1.807, 2.05) is 0 Å². The summed E-state index contributed by atoms with van der Waals surface area (Å²) in [6.07, 6.45) is 1.12. The molecule has 0 radical (unpaired) electrons. The first-order chi connectivity index (χ1) is 6.46. The lowest BCUT2D eigenvalue weighted by molar-refractivity contribution is -0.146. The molecule has 6 nitrogen and oxygen atoms in total. The van der Waals surface area contributed by atoms with Gasteiger partial charge in [-0.15, -0.1) is 0 Å². The van der Waals surface area contributed by atoms with Crippen LogP contribution < -0.4 is 5.14 Å². The van der Waals surface area contributed by atoms with E-state index in [0.29, 0.717) is 19.4 Å². The summed E-state index contributed by atoms with van der Waals surface area (Å²) in [5.41, 5.74) is 0. The fraction of sp³-hybridized carbons (Fsp3) is 0.857. The molecule has 1 heterocycles. The molecular weight excluding hydrogens is 208 g/mol. The Labute approximate surface area is 83.2 Å². The third-order valence-electron chi connectivity index (χ3n) is 2.09. The highest BCUT2D eigenvalue weighted by Crippen LogP contribution is 2.20. The van der Waals surface area contributed by atoms with E-state index in [1.165, 1.54) is 0 Å². The van der Waals surface area contributed by atoms with Crippen LogP contribution in [0.5, 0.6) is 0 Å². The Morgan fingerprint density at radius 1 is 1.64 bits per heavy atom. The second kappa shape index (κ2) is 4.24. The van der Waals surface area contributed by atoms with Gasteiger partial charge in [0.15, 0.2) is 0 Å². The van der Waals surface area contributed by atoms with E-state index in [-0.39, 0.29) is 6.61 Å². The zero-order valence-corrected chi connectivity index (χ0v) is 8.79. The highest BCUT2D eigenvalue weighted by Gasteiger charge is 2.37. The van der Waals surface area contributed by atoms with Gasteiger partial charge in [0, 0.05) is 6.54 Å². The Kier molecular flexibility index (Phi) is 3.46. The van der Waals surface area contributed by atoms with Crippen molar-refractivity contribution in [2.75, 3.05) is 13.2 Å². The summed E-state index contributed by atoms with van der Waals surface area (Å²) in [6, 6.07) is -0.732. The first-order valence-electron chi connectivity index (χ1n) is 4.43. The molecule has 0 bridgehead atoms. The average molecular weight is 222 g/mol. The molecule has 0 aromatic rings. The predicted molar refractivity (Wildman–Crippen MR) is 49.5 cm³/mol. The lowest BCUT2D eigenvalue weighted by atomic mass is 10.2. The lowest BCUT2D eigenvalue weighted by Crippen LogP contribution is -2.44. The van der Waals surface area contributed by atoms with Crippen molar-refractivity contribution < 1.29 is 17.9 Å². The van der Waals surface area contributed by atoms with Gasteiger partial charge in [0.2, 0.25) is 0 Å². The molecule has 0 aromatic carbocycles. The van der Waals surface area contributed by atoms with Crippen molar-refractivity contribution in [2.45, 2.75) is 25.8 Å². The van der Waals surface area contributed by atoms with Gasteiger partial charge < -0.3 is 4.74 Å². The van der Waals surface area contributed by atoms with Crippen LogP contribution in [-0.4, -0.2) is 37.9 Å². The van der Waals surface area contributed by atoms with E-state index >= 15 is 0 Å². The van der Waals surface area contributed by atoms with Gasteiger partial charge >= 0.3 is 5.97 Å². The molecule has 0 saturated carbocycles. The standard InChI is InChI=1S/C7H14N2O4S/c1-2-13-7(10)6-4-3-5-9(6)14(8,11)12/h6H,2-5H2,1H3,(H2,8,11,12)/t6-/m1/s1. The molecule has 0 aromatic heterocycles. The summed E-state index contributed by atoms with van der Waals surface area (Å²) >= 11 is 0. The first-order valence-corrected chi connectivity index (χ1v) is 5.93. The average Bonchev–Trinajstić information content (AvgIpc) is 2.50. The van der Waals surface area contributed by atoms with Crippen molar-refractivity contribution in [3.8, 4) is 0 Å². The van der Waals surface area contributed by atoms with Gasteiger partial charge in [-0.25, -0.2) is 5.14 Å². The number of nitrogens with two attached hydrogens (primary N) is 1. The minimum Gasteiger partial charge on any atom is -0.465 e. The van der Waals surface area contributed by atoms with Crippen molar-refractivity contribution >= 4 is 16.2 Å². The molecule has 0 aliphatic carbocycles. The third kappa shape index (κ3) is 2.43. The van der Waals surface area contributed by atoms with Gasteiger partial charge in [-0.3, -0.25) is 4.79 Å². The van der Waals surface area contributed by atoms with Crippen molar-refractivity contribution in [2.24, 2.45) is 5.14 Å². The molecule has 1 fully saturated rings. The summed E-state index contributed by atoms with van der Waals surface area (Å²) in [5, 5.41) is 4.96. The largest absolute Gasteiger partial charge is 0.465 e. The Hall–Kier alpha value is -0.660. The fourth-order valence-electron chi connectivity index (χ4n) is 1.52. The maximum Gasteiger partial charge on any atom is 0.324 e. The quantitative estimate of drug-likeness (QED) is 0.634. The Balaban J connectivity index is 2.74. The summed E-state index contributed by atoms with van der Waals surface area (Å²) in [5.74, 6) is -0.515. The van der Waals surface area contributed by atoms with Crippen LogP contribution in [0.1, 0.15) is 19.8 Å². The predicted octanol–water partition coefficient (Wildman–Crippen LogP) is -0.783. The van der Waals surface area contributed by atoms with Crippen molar-refractivity contribution in [3.05, 3.63) is 0 Å². The summed E-state index contributed by atoms with van der Waals surface area (Å²) in [7, 11) is -3.78. The maximum atomic E-state index is 11.3. The van der Waals surface area contributed by atoms with Gasteiger partial charge in [-0.05, 0) is 19.8 Å². The molecular formula is C7H14N2O4S. The minimum atomic E-state index is -3.78. The second-order valence-electron chi connectivity index (χ2n) is 3.07. The number of carbonyl (C=O) groups is 1. The zero-order chi connectivity index (χ0) is 10.8. The maximum absolute atomic E-state index is 11.3. The molecule has 1 atom stereocenters. The Bertz CT molecular complexity index is 314. The molecule has 0 spiro atoms. The smallest absolute Gasteiger partial charge is 0.324 e. The Morgan fingerprint density at radius 2 is 2.29 bits per heavy atom. The van der Waals surface area contributed by atoms with E-state index in [9.17, 15) is 13.2 Å². The summed E-state index contributed by atoms with van der Waals surface area (Å²) in [6.45, 7) is 2.21. The van der Waals surface area contributed by atoms with Gasteiger partial charge in [-0.2, -0.15) is 12.7 Å². The number of hydrogen-bond acceptors (Lipinski definition) is 4. The van der Waals surface area contributed by atoms with Crippen LogP contribution in [0, 0.1) is 0 Å². The molecule has 2 N–H and O–H groups in total. The molecule has 14 heavy (non-hydrogen) atoms. The molecule has 0 amide bonds. The van der Waals surface area contributed by atoms with Crippen LogP contribution in [0.2, 0.25) is 0 Å². The van der Waals surface area contributed by atoms with Gasteiger partial charge in [0.25, 0.3) is 10.2 Å². The normalized spacial score (nSPS) is 23.7.